The fraction of sp³-hybridized carbons (Fsp3) is 0.100. The van der Waals surface area contributed by atoms with E-state index in [-0.39, 0.29) is 0 Å². The van der Waals surface area contributed by atoms with Crippen molar-refractivity contribution in [3.8, 4) is 0 Å². The zero-order valence-corrected chi connectivity index (χ0v) is 8.96. The van der Waals surface area contributed by atoms with Crippen molar-refractivity contribution < 1.29 is 14.3 Å². The molecule has 1 heterocycles. The summed E-state index contributed by atoms with van der Waals surface area (Å²) in [5.41, 5.74) is 1.73. The lowest BCUT2D eigenvalue weighted by Crippen LogP contribution is -1.98. The molecule has 0 atom stereocenters. The highest BCUT2D eigenvalue weighted by molar-refractivity contribution is 9.10. The Labute approximate surface area is 88.5 Å². The molecule has 0 fully saturated rings. The molecule has 3 nitrogen and oxygen atoms in total. The van der Waals surface area contributed by atoms with Crippen molar-refractivity contribution in [2.24, 2.45) is 0 Å². The number of aryl methyl sites for hydroxylation is 1. The number of carbonyl (C=O) groups is 1. The lowest BCUT2D eigenvalue weighted by Gasteiger charge is -1.99. The fourth-order valence-corrected chi connectivity index (χ4v) is 1.86. The molecule has 0 radical (unpaired) electrons. The summed E-state index contributed by atoms with van der Waals surface area (Å²) in [6, 6.07) is 4.99. The van der Waals surface area contributed by atoms with E-state index in [0.29, 0.717) is 15.8 Å². The Morgan fingerprint density at radius 1 is 1.50 bits per heavy atom. The topological polar surface area (TPSA) is 50.4 Å². The van der Waals surface area contributed by atoms with Crippen molar-refractivity contribution in [1.82, 2.24) is 0 Å². The van der Waals surface area contributed by atoms with Gasteiger partial charge < -0.3 is 9.52 Å². The van der Waals surface area contributed by atoms with Gasteiger partial charge in [0.05, 0.1) is 5.56 Å². The van der Waals surface area contributed by atoms with Crippen LogP contribution in [0.2, 0.25) is 0 Å². The van der Waals surface area contributed by atoms with Crippen molar-refractivity contribution in [1.29, 1.82) is 0 Å². The molecule has 0 aliphatic rings. The second-order valence-electron chi connectivity index (χ2n) is 3.01. The SMILES string of the molecule is Cc1c(C(=O)O)ccc2oc(Br)cc12. The lowest BCUT2D eigenvalue weighted by atomic mass is 10.1. The third-order valence-electron chi connectivity index (χ3n) is 2.17. The predicted octanol–water partition coefficient (Wildman–Crippen LogP) is 3.20. The molecule has 1 aromatic carbocycles. The molecule has 0 unspecified atom stereocenters. The van der Waals surface area contributed by atoms with Crippen LogP contribution in [0.4, 0.5) is 0 Å². The van der Waals surface area contributed by atoms with Crippen molar-refractivity contribution in [2.75, 3.05) is 0 Å². The summed E-state index contributed by atoms with van der Waals surface area (Å²) >= 11 is 3.21. The first-order valence-corrected chi connectivity index (χ1v) is 4.81. The van der Waals surface area contributed by atoms with Gasteiger partial charge in [-0.3, -0.25) is 0 Å². The summed E-state index contributed by atoms with van der Waals surface area (Å²) in [5, 5.41) is 9.72. The van der Waals surface area contributed by atoms with E-state index >= 15 is 0 Å². The van der Waals surface area contributed by atoms with Gasteiger partial charge in [-0.05, 0) is 46.6 Å². The molecule has 14 heavy (non-hydrogen) atoms. The van der Waals surface area contributed by atoms with Gasteiger partial charge in [0.25, 0.3) is 0 Å². The van der Waals surface area contributed by atoms with E-state index in [2.05, 4.69) is 15.9 Å². The largest absolute Gasteiger partial charge is 0.478 e. The van der Waals surface area contributed by atoms with Gasteiger partial charge in [0, 0.05) is 5.39 Å². The van der Waals surface area contributed by atoms with E-state index in [1.165, 1.54) is 0 Å². The number of hydrogen-bond donors (Lipinski definition) is 1. The molecule has 0 amide bonds. The number of fused-ring (bicyclic) bond motifs is 1. The summed E-state index contributed by atoms with van der Waals surface area (Å²) in [6.45, 7) is 1.77. The van der Waals surface area contributed by atoms with Gasteiger partial charge in [-0.1, -0.05) is 0 Å². The summed E-state index contributed by atoms with van der Waals surface area (Å²) in [6.07, 6.45) is 0. The zero-order chi connectivity index (χ0) is 10.3. The Bertz CT molecular complexity index is 513. The molecule has 0 aliphatic heterocycles. The molecule has 0 bridgehead atoms. The molecule has 0 saturated carbocycles. The van der Waals surface area contributed by atoms with Crippen molar-refractivity contribution in [2.45, 2.75) is 6.92 Å². The third kappa shape index (κ3) is 1.32. The molecular formula is C10H7BrO3. The highest BCUT2D eigenvalue weighted by Crippen LogP contribution is 2.27. The highest BCUT2D eigenvalue weighted by atomic mass is 79.9. The van der Waals surface area contributed by atoms with Gasteiger partial charge in [0.2, 0.25) is 0 Å². The maximum Gasteiger partial charge on any atom is 0.335 e. The predicted molar refractivity (Wildman–Crippen MR) is 55.6 cm³/mol. The fourth-order valence-electron chi connectivity index (χ4n) is 1.45. The maximum atomic E-state index is 10.8. The Hall–Kier alpha value is -1.29. The molecular weight excluding hydrogens is 248 g/mol. The number of rotatable bonds is 1. The minimum absolute atomic E-state index is 0.311. The average Bonchev–Trinajstić information content (AvgIpc) is 2.46. The van der Waals surface area contributed by atoms with Crippen molar-refractivity contribution >= 4 is 32.9 Å². The third-order valence-corrected chi connectivity index (χ3v) is 2.56. The number of benzene rings is 1. The number of carboxylic acids is 1. The number of hydrogen-bond acceptors (Lipinski definition) is 2. The summed E-state index contributed by atoms with van der Waals surface area (Å²) < 4.78 is 5.92. The molecule has 2 aromatic rings. The van der Waals surface area contributed by atoms with E-state index in [1.807, 2.05) is 0 Å². The molecule has 1 N–H and O–H groups in total. The van der Waals surface area contributed by atoms with Crippen LogP contribution in [0.15, 0.2) is 27.3 Å². The van der Waals surface area contributed by atoms with Gasteiger partial charge in [-0.15, -0.1) is 0 Å². The van der Waals surface area contributed by atoms with E-state index in [9.17, 15) is 4.79 Å². The molecule has 0 spiro atoms. The normalized spacial score (nSPS) is 10.7. The van der Waals surface area contributed by atoms with Crippen molar-refractivity contribution in [3.63, 3.8) is 0 Å². The molecule has 1 aromatic heterocycles. The maximum absolute atomic E-state index is 10.8. The minimum Gasteiger partial charge on any atom is -0.478 e. The minimum atomic E-state index is -0.915. The Morgan fingerprint density at radius 3 is 2.86 bits per heavy atom. The van der Waals surface area contributed by atoms with Crippen LogP contribution in [0.3, 0.4) is 0 Å². The quantitative estimate of drug-likeness (QED) is 0.851. The van der Waals surface area contributed by atoms with Crippen LogP contribution in [-0.4, -0.2) is 11.1 Å². The van der Waals surface area contributed by atoms with Gasteiger partial charge in [-0.25, -0.2) is 4.79 Å². The van der Waals surface area contributed by atoms with Crippen LogP contribution in [0.5, 0.6) is 0 Å². The number of furan rings is 1. The summed E-state index contributed by atoms with van der Waals surface area (Å²) in [4.78, 5) is 10.8. The molecule has 4 heteroatoms. The first-order valence-electron chi connectivity index (χ1n) is 4.01. The molecule has 0 saturated heterocycles. The van der Waals surface area contributed by atoms with E-state index in [0.717, 1.165) is 10.9 Å². The number of halogens is 1. The van der Waals surface area contributed by atoms with Gasteiger partial charge in [0.15, 0.2) is 4.67 Å². The van der Waals surface area contributed by atoms with Crippen molar-refractivity contribution in [3.05, 3.63) is 34.0 Å². The van der Waals surface area contributed by atoms with Crippen LogP contribution in [-0.2, 0) is 0 Å². The van der Waals surface area contributed by atoms with Gasteiger partial charge >= 0.3 is 5.97 Å². The number of carboxylic acid groups (broad SMARTS) is 1. The Morgan fingerprint density at radius 2 is 2.21 bits per heavy atom. The van der Waals surface area contributed by atoms with Crippen LogP contribution in [0, 0.1) is 6.92 Å². The van der Waals surface area contributed by atoms with Crippen LogP contribution < -0.4 is 0 Å². The molecule has 0 aliphatic carbocycles. The van der Waals surface area contributed by atoms with Gasteiger partial charge in [0.1, 0.15) is 5.58 Å². The molecule has 72 valence electrons. The van der Waals surface area contributed by atoms with Gasteiger partial charge in [-0.2, -0.15) is 0 Å². The van der Waals surface area contributed by atoms with Crippen LogP contribution in [0.1, 0.15) is 15.9 Å². The highest BCUT2D eigenvalue weighted by Gasteiger charge is 2.12. The Balaban J connectivity index is 2.80. The Kier molecular flexibility index (Phi) is 2.07. The summed E-state index contributed by atoms with van der Waals surface area (Å²) in [7, 11) is 0. The average molecular weight is 255 g/mol. The second-order valence-corrected chi connectivity index (χ2v) is 3.79. The van der Waals surface area contributed by atoms with E-state index < -0.39 is 5.97 Å². The van der Waals surface area contributed by atoms with E-state index in [1.54, 1.807) is 25.1 Å². The first-order chi connectivity index (χ1) is 6.59. The smallest absolute Gasteiger partial charge is 0.335 e. The first kappa shape index (κ1) is 9.27. The standard InChI is InChI=1S/C10H7BrO3/c1-5-6(10(12)13)2-3-8-7(5)4-9(11)14-8/h2-4H,1H3,(H,12,13). The molecule has 2 rings (SSSR count). The number of aromatic carboxylic acids is 1. The van der Waals surface area contributed by atoms with E-state index in [4.69, 9.17) is 9.52 Å². The lowest BCUT2D eigenvalue weighted by molar-refractivity contribution is 0.0696. The van der Waals surface area contributed by atoms with Crippen LogP contribution >= 0.6 is 15.9 Å². The monoisotopic (exact) mass is 254 g/mol. The summed E-state index contributed by atoms with van der Waals surface area (Å²) in [5.74, 6) is -0.915. The van der Waals surface area contributed by atoms with Crippen LogP contribution in [0.25, 0.3) is 11.0 Å². The second kappa shape index (κ2) is 3.13. The zero-order valence-electron chi connectivity index (χ0n) is 7.37.